The third-order valence-electron chi connectivity index (χ3n) is 3.63. The number of amides is 1. The molecule has 110 valence electrons. The van der Waals surface area contributed by atoms with Gasteiger partial charge in [-0.2, -0.15) is 0 Å². The Kier molecular flexibility index (Phi) is 5.68. The molecule has 20 heavy (non-hydrogen) atoms. The van der Waals surface area contributed by atoms with E-state index in [0.717, 1.165) is 19.5 Å². The first kappa shape index (κ1) is 15.1. The Morgan fingerprint density at radius 2 is 2.40 bits per heavy atom. The molecule has 0 saturated carbocycles. The summed E-state index contributed by atoms with van der Waals surface area (Å²) in [5, 5.41) is 6.74. The number of rotatable bonds is 5. The number of piperidine rings is 1. The third kappa shape index (κ3) is 4.39. The SMILES string of the molecule is COc1ccc(Cl)c(NC(=O)CCC2CCCNC2)c1. The fourth-order valence-electron chi connectivity index (χ4n) is 2.45. The zero-order valence-corrected chi connectivity index (χ0v) is 12.5. The van der Waals surface area contributed by atoms with Crippen molar-refractivity contribution >= 4 is 23.2 Å². The highest BCUT2D eigenvalue weighted by atomic mass is 35.5. The second kappa shape index (κ2) is 7.50. The highest BCUT2D eigenvalue weighted by Gasteiger charge is 2.15. The van der Waals surface area contributed by atoms with Crippen molar-refractivity contribution in [3.05, 3.63) is 23.2 Å². The predicted octanol–water partition coefficient (Wildman–Crippen LogP) is 3.07. The highest BCUT2D eigenvalue weighted by molar-refractivity contribution is 6.33. The fraction of sp³-hybridized carbons (Fsp3) is 0.533. The lowest BCUT2D eigenvalue weighted by atomic mass is 9.94. The maximum absolute atomic E-state index is 12.0. The van der Waals surface area contributed by atoms with E-state index in [2.05, 4.69) is 10.6 Å². The maximum atomic E-state index is 12.0. The second-order valence-electron chi connectivity index (χ2n) is 5.15. The van der Waals surface area contributed by atoms with Crippen LogP contribution in [0.1, 0.15) is 25.7 Å². The van der Waals surface area contributed by atoms with Gasteiger partial charge in [-0.3, -0.25) is 4.79 Å². The number of carbonyl (C=O) groups is 1. The van der Waals surface area contributed by atoms with Crippen molar-refractivity contribution in [1.82, 2.24) is 5.32 Å². The molecule has 5 heteroatoms. The van der Waals surface area contributed by atoms with E-state index < -0.39 is 0 Å². The minimum atomic E-state index is 0.00530. The van der Waals surface area contributed by atoms with E-state index in [9.17, 15) is 4.79 Å². The molecule has 1 unspecified atom stereocenters. The molecule has 0 aromatic heterocycles. The number of methoxy groups -OCH3 is 1. The molecule has 1 fully saturated rings. The van der Waals surface area contributed by atoms with Crippen molar-refractivity contribution in [1.29, 1.82) is 0 Å². The molecule has 1 aliphatic heterocycles. The van der Waals surface area contributed by atoms with Crippen molar-refractivity contribution < 1.29 is 9.53 Å². The van der Waals surface area contributed by atoms with Crippen LogP contribution in [0.5, 0.6) is 5.75 Å². The number of halogens is 1. The van der Waals surface area contributed by atoms with E-state index in [1.807, 2.05) is 0 Å². The standard InChI is InChI=1S/C15H21ClN2O2/c1-20-12-5-6-13(16)14(9-12)18-15(19)7-4-11-3-2-8-17-10-11/h5-6,9,11,17H,2-4,7-8,10H2,1H3,(H,18,19). The van der Waals surface area contributed by atoms with E-state index in [1.165, 1.54) is 12.8 Å². The Balaban J connectivity index is 1.84. The van der Waals surface area contributed by atoms with E-state index in [4.69, 9.17) is 16.3 Å². The van der Waals surface area contributed by atoms with Crippen LogP contribution in [0.4, 0.5) is 5.69 Å². The number of benzene rings is 1. The minimum Gasteiger partial charge on any atom is -0.497 e. The monoisotopic (exact) mass is 296 g/mol. The highest BCUT2D eigenvalue weighted by Crippen LogP contribution is 2.27. The van der Waals surface area contributed by atoms with Gasteiger partial charge in [0.05, 0.1) is 17.8 Å². The van der Waals surface area contributed by atoms with Gasteiger partial charge < -0.3 is 15.4 Å². The zero-order chi connectivity index (χ0) is 14.4. The molecule has 2 rings (SSSR count). The van der Waals surface area contributed by atoms with Crippen LogP contribution < -0.4 is 15.4 Å². The van der Waals surface area contributed by atoms with Crippen molar-refractivity contribution in [2.45, 2.75) is 25.7 Å². The fourth-order valence-corrected chi connectivity index (χ4v) is 2.61. The minimum absolute atomic E-state index is 0.00530. The van der Waals surface area contributed by atoms with Gasteiger partial charge in [-0.05, 0) is 50.4 Å². The normalized spacial score (nSPS) is 18.6. The summed E-state index contributed by atoms with van der Waals surface area (Å²) in [6.45, 7) is 2.12. The van der Waals surface area contributed by atoms with Gasteiger partial charge in [0.2, 0.25) is 5.91 Å². The Morgan fingerprint density at radius 1 is 1.55 bits per heavy atom. The quantitative estimate of drug-likeness (QED) is 0.878. The van der Waals surface area contributed by atoms with Gasteiger partial charge in [0, 0.05) is 12.5 Å². The average Bonchev–Trinajstić information content (AvgIpc) is 2.48. The summed E-state index contributed by atoms with van der Waals surface area (Å²) in [5.74, 6) is 1.29. The molecule has 1 atom stereocenters. The van der Waals surface area contributed by atoms with Crippen LogP contribution in [0.3, 0.4) is 0 Å². The van der Waals surface area contributed by atoms with Crippen LogP contribution >= 0.6 is 11.6 Å². The van der Waals surface area contributed by atoms with Gasteiger partial charge in [0.15, 0.2) is 0 Å². The lowest BCUT2D eigenvalue weighted by Crippen LogP contribution is -2.30. The Morgan fingerprint density at radius 3 is 3.10 bits per heavy atom. The molecule has 1 aromatic rings. The Labute approximate surface area is 124 Å². The largest absolute Gasteiger partial charge is 0.497 e. The summed E-state index contributed by atoms with van der Waals surface area (Å²) in [6.07, 6.45) is 3.86. The molecular weight excluding hydrogens is 276 g/mol. The molecule has 4 nitrogen and oxygen atoms in total. The second-order valence-corrected chi connectivity index (χ2v) is 5.55. The molecular formula is C15H21ClN2O2. The smallest absolute Gasteiger partial charge is 0.224 e. The van der Waals surface area contributed by atoms with Crippen LogP contribution in [-0.2, 0) is 4.79 Å². The summed E-state index contributed by atoms with van der Waals surface area (Å²) < 4.78 is 5.13. The number of hydrogen-bond donors (Lipinski definition) is 2. The van der Waals surface area contributed by atoms with Gasteiger partial charge in [-0.15, -0.1) is 0 Å². The molecule has 0 bridgehead atoms. The van der Waals surface area contributed by atoms with Gasteiger partial charge in [0.25, 0.3) is 0 Å². The van der Waals surface area contributed by atoms with Crippen molar-refractivity contribution in [3.63, 3.8) is 0 Å². The third-order valence-corrected chi connectivity index (χ3v) is 3.96. The van der Waals surface area contributed by atoms with Crippen molar-refractivity contribution in [2.75, 3.05) is 25.5 Å². The molecule has 0 radical (unpaired) electrons. The summed E-state index contributed by atoms with van der Waals surface area (Å²) in [5.41, 5.74) is 0.609. The molecule has 2 N–H and O–H groups in total. The van der Waals surface area contributed by atoms with Crippen molar-refractivity contribution in [2.24, 2.45) is 5.92 Å². The average molecular weight is 297 g/mol. The van der Waals surface area contributed by atoms with Crippen LogP contribution in [0.2, 0.25) is 5.02 Å². The van der Waals surface area contributed by atoms with E-state index >= 15 is 0 Å². The summed E-state index contributed by atoms with van der Waals surface area (Å²) >= 11 is 6.07. The molecule has 0 aliphatic carbocycles. The van der Waals surface area contributed by atoms with Gasteiger partial charge in [-0.25, -0.2) is 0 Å². The number of nitrogens with one attached hydrogen (secondary N) is 2. The summed E-state index contributed by atoms with van der Waals surface area (Å²) in [7, 11) is 1.59. The maximum Gasteiger partial charge on any atom is 0.224 e. The van der Waals surface area contributed by atoms with Crippen LogP contribution in [-0.4, -0.2) is 26.1 Å². The Bertz CT molecular complexity index is 459. The van der Waals surface area contributed by atoms with Crippen LogP contribution in [0, 0.1) is 5.92 Å². The molecule has 1 aliphatic rings. The van der Waals surface area contributed by atoms with E-state index in [0.29, 0.717) is 28.8 Å². The number of ether oxygens (including phenoxy) is 1. The topological polar surface area (TPSA) is 50.4 Å². The molecule has 1 heterocycles. The lowest BCUT2D eigenvalue weighted by Gasteiger charge is -2.22. The molecule has 0 spiro atoms. The lowest BCUT2D eigenvalue weighted by molar-refractivity contribution is -0.116. The molecule has 1 aromatic carbocycles. The van der Waals surface area contributed by atoms with Gasteiger partial charge in [0.1, 0.15) is 5.75 Å². The van der Waals surface area contributed by atoms with Crippen molar-refractivity contribution in [3.8, 4) is 5.75 Å². The number of carbonyl (C=O) groups excluding carboxylic acids is 1. The Hall–Kier alpha value is -1.26. The summed E-state index contributed by atoms with van der Waals surface area (Å²) in [4.78, 5) is 12.0. The summed E-state index contributed by atoms with van der Waals surface area (Å²) in [6, 6.07) is 5.23. The predicted molar refractivity (Wildman–Crippen MR) is 81.5 cm³/mol. The van der Waals surface area contributed by atoms with Crippen LogP contribution in [0.25, 0.3) is 0 Å². The van der Waals surface area contributed by atoms with Gasteiger partial charge in [-0.1, -0.05) is 11.6 Å². The molecule has 1 saturated heterocycles. The van der Waals surface area contributed by atoms with E-state index in [1.54, 1.807) is 25.3 Å². The molecule has 1 amide bonds. The first-order chi connectivity index (χ1) is 9.69. The van der Waals surface area contributed by atoms with Crippen LogP contribution in [0.15, 0.2) is 18.2 Å². The zero-order valence-electron chi connectivity index (χ0n) is 11.7. The number of anilines is 1. The first-order valence-corrected chi connectivity index (χ1v) is 7.41. The number of hydrogen-bond acceptors (Lipinski definition) is 3. The van der Waals surface area contributed by atoms with E-state index in [-0.39, 0.29) is 5.91 Å². The first-order valence-electron chi connectivity index (χ1n) is 7.03. The van der Waals surface area contributed by atoms with Gasteiger partial charge >= 0.3 is 0 Å².